The summed E-state index contributed by atoms with van der Waals surface area (Å²) in [6, 6.07) is 21.4. The van der Waals surface area contributed by atoms with Crippen molar-refractivity contribution < 1.29 is 64.4 Å². The molecule has 2 N–H and O–H groups in total. The van der Waals surface area contributed by atoms with E-state index in [4.69, 9.17) is 50.0 Å². The highest BCUT2D eigenvalue weighted by molar-refractivity contribution is 7.49. The molecule has 0 saturated carbocycles. The van der Waals surface area contributed by atoms with Gasteiger partial charge in [0.1, 0.15) is 51.7 Å². The molecule has 2 aromatic carbocycles. The molecule has 5 rings (SSSR count). The van der Waals surface area contributed by atoms with Crippen molar-refractivity contribution in [1.82, 2.24) is 19.2 Å². The molecule has 1 amide bonds. The van der Waals surface area contributed by atoms with Crippen molar-refractivity contribution in [2.24, 2.45) is 5.92 Å². The van der Waals surface area contributed by atoms with Crippen LogP contribution in [0.15, 0.2) is 77.9 Å². The number of rotatable bonds is 29. The number of nitrogens with zero attached hydrogens (tertiary/aromatic N) is 3. The second kappa shape index (κ2) is 27.3. The highest BCUT2D eigenvalue weighted by atomic mass is 31.2. The van der Waals surface area contributed by atoms with Crippen molar-refractivity contribution in [3.63, 3.8) is 0 Å². The third-order valence-electron chi connectivity index (χ3n) is 10.9. The molecule has 0 radical (unpaired) electrons. The Morgan fingerprint density at radius 3 is 1.80 bits per heavy atom. The monoisotopic (exact) mass is 1100 g/mol. The zero-order valence-electron chi connectivity index (χ0n) is 45.6. The molecule has 20 nitrogen and oxygen atoms in total. The van der Waals surface area contributed by atoms with E-state index in [0.29, 0.717) is 5.52 Å². The predicted octanol–water partition coefficient (Wildman–Crippen LogP) is 8.45. The highest BCUT2D eigenvalue weighted by Crippen LogP contribution is 2.48. The number of carbonyl (C=O) groups excluding carboxylic acids is 3. The molecule has 1 fully saturated rings. The third kappa shape index (κ3) is 18.0. The van der Waals surface area contributed by atoms with Crippen LogP contribution in [0.2, 0.25) is 39.3 Å². The van der Waals surface area contributed by atoms with Gasteiger partial charge in [0.2, 0.25) is 5.91 Å². The van der Waals surface area contributed by atoms with Crippen LogP contribution in [0, 0.1) is 5.92 Å². The number of ether oxygens (including phenoxy) is 6. The Bertz CT molecular complexity index is 2390. The minimum atomic E-state index is -4.27. The summed E-state index contributed by atoms with van der Waals surface area (Å²) in [5, 5.41) is 2.79. The number of H-pyrrole nitrogens is 1. The maximum absolute atomic E-state index is 13.7. The van der Waals surface area contributed by atoms with Gasteiger partial charge in [0.15, 0.2) is 28.4 Å². The van der Waals surface area contributed by atoms with E-state index >= 15 is 0 Å². The Balaban J connectivity index is 1.71. The molecule has 5 atom stereocenters. The molecular formula is C50H78N5O15PSi3. The maximum Gasteiger partial charge on any atom is 0.659 e. The smallest absolute Gasteiger partial charge is 0.463 e. The topological polar surface area (TPSA) is 219 Å². The van der Waals surface area contributed by atoms with E-state index in [9.17, 15) is 19.2 Å². The van der Waals surface area contributed by atoms with Crippen LogP contribution < -0.4 is 10.9 Å². The van der Waals surface area contributed by atoms with Gasteiger partial charge < -0.3 is 64.9 Å². The Kier molecular flexibility index (Phi) is 22.5. The van der Waals surface area contributed by atoms with Crippen molar-refractivity contribution >= 4 is 68.7 Å². The Morgan fingerprint density at radius 2 is 1.32 bits per heavy atom. The van der Waals surface area contributed by atoms with Gasteiger partial charge >= 0.3 is 21.0 Å². The van der Waals surface area contributed by atoms with Crippen LogP contribution >= 0.6 is 8.30 Å². The number of imidazole rings is 1. The van der Waals surface area contributed by atoms with E-state index in [-0.39, 0.29) is 62.4 Å². The van der Waals surface area contributed by atoms with Gasteiger partial charge in [-0.05, 0) is 84.8 Å². The Morgan fingerprint density at radius 1 is 0.797 bits per heavy atom. The lowest BCUT2D eigenvalue weighted by Crippen LogP contribution is -2.60. The molecule has 410 valence electrons. The number of benzene rings is 2. The second-order valence-corrected chi connectivity index (χ2v) is 33.8. The largest absolute Gasteiger partial charge is 0.659 e. The van der Waals surface area contributed by atoms with Crippen LogP contribution in [0.25, 0.3) is 11.0 Å². The molecular weight excluding hydrogens is 1030 g/mol. The van der Waals surface area contributed by atoms with Gasteiger partial charge in [-0.1, -0.05) is 74.5 Å². The molecule has 0 spiro atoms. The molecule has 2 aromatic heterocycles. The quantitative estimate of drug-likeness (QED) is 0.0171. The normalized spacial score (nSPS) is 18.1. The van der Waals surface area contributed by atoms with Gasteiger partial charge in [0.05, 0.1) is 31.7 Å². The van der Waals surface area contributed by atoms with Gasteiger partial charge in [-0.2, -0.15) is 0 Å². The van der Waals surface area contributed by atoms with E-state index in [1.165, 1.54) is 20.2 Å². The zero-order chi connectivity index (χ0) is 54.5. The average molecular weight is 1100 g/mol. The van der Waals surface area contributed by atoms with E-state index in [0.717, 1.165) is 11.1 Å². The summed E-state index contributed by atoms with van der Waals surface area (Å²) in [5.74, 6) is -1.59. The van der Waals surface area contributed by atoms with Crippen molar-refractivity contribution in [3.8, 4) is 0 Å². The molecule has 1 aliphatic heterocycles. The first-order valence-corrected chi connectivity index (χ1v) is 35.1. The van der Waals surface area contributed by atoms with E-state index in [2.05, 4.69) is 86.9 Å². The maximum atomic E-state index is 13.7. The predicted molar refractivity (Wildman–Crippen MR) is 288 cm³/mol. The molecule has 3 heterocycles. The third-order valence-corrected chi connectivity index (χ3v) is 20.9. The van der Waals surface area contributed by atoms with Crippen LogP contribution in [0.3, 0.4) is 0 Å². The van der Waals surface area contributed by atoms with Crippen LogP contribution in [0.5, 0.6) is 0 Å². The molecule has 1 aliphatic rings. The number of pyridine rings is 1. The lowest BCUT2D eigenvalue weighted by Gasteiger charge is -2.41. The van der Waals surface area contributed by atoms with E-state index in [1.807, 2.05) is 67.3 Å². The van der Waals surface area contributed by atoms with Gasteiger partial charge in [-0.25, -0.2) is 4.98 Å². The van der Waals surface area contributed by atoms with E-state index in [1.54, 1.807) is 24.5 Å². The number of esters is 2. The summed E-state index contributed by atoms with van der Waals surface area (Å²) in [7, 11) is -10.9. The van der Waals surface area contributed by atoms with E-state index < -0.39 is 94.5 Å². The van der Waals surface area contributed by atoms with Crippen LogP contribution in [0.4, 0.5) is 5.82 Å². The molecule has 4 aromatic rings. The summed E-state index contributed by atoms with van der Waals surface area (Å²) in [6.07, 6.45) is -3.52. The fraction of sp³-hybridized carbons (Fsp3) is 0.580. The van der Waals surface area contributed by atoms with Gasteiger partial charge in [0.25, 0.3) is 12.0 Å². The number of hydrogen-bond acceptors (Lipinski definition) is 17. The minimum Gasteiger partial charge on any atom is -0.463 e. The zero-order valence-corrected chi connectivity index (χ0v) is 49.5. The lowest BCUT2D eigenvalue weighted by molar-refractivity contribution is -0.319. The van der Waals surface area contributed by atoms with Crippen LogP contribution in [-0.2, 0) is 64.4 Å². The van der Waals surface area contributed by atoms with Gasteiger partial charge in [0, 0.05) is 37.9 Å². The molecule has 24 heteroatoms. The Hall–Kier alpha value is -4.05. The van der Waals surface area contributed by atoms with Crippen LogP contribution in [-0.4, -0.2) is 139 Å². The molecule has 0 bridgehead atoms. The first-order valence-electron chi connectivity index (χ1n) is 25.0. The standard InChI is InChI=1S/C50H78N5O15PSi3/c1-33(2)47(58)52-42-30-40-43(48(59)53-42)51-32-54(40)49-46(66-50(62-28-26-60-36(7)56)63-29-27-61-37(8)57)45(67-71(9)55(34(3)4)35(5)6)41(65-49)31-64-74(69-72(10,11)12,70-73(13,14)15)68-44(38-22-18-16-19-23-38)39-24-20-17-21-25-39/h16-25,30,32-35,41,44-46,49-50H,26-29,31H2,1-15H3,(H2,52,53,58,59)/t41-,45+,46?,49-,71?/m1/s1. The number of amides is 1. The average Bonchev–Trinajstić information content (AvgIpc) is 3.87. The summed E-state index contributed by atoms with van der Waals surface area (Å²) in [4.78, 5) is 57.4. The summed E-state index contributed by atoms with van der Waals surface area (Å²) >= 11 is 0. The number of aromatic nitrogens is 3. The molecule has 0 aliphatic carbocycles. The SMILES string of the molecule is CC(=O)OCCOC(OCCOC(C)=O)OC1[C@@H](OP(C)N(C(C)C)C(C)C)[C@@H](CO[Si](OC(c2ccccc2)c2ccccc2)(O[Si](C)(C)C)O[Si](C)(C)C)O[C@H]1n1cnc2c(=O)[nH]c(NC(=O)C(C)C)cc21. The summed E-state index contributed by atoms with van der Waals surface area (Å²) < 4.78 is 76.5. The first kappa shape index (κ1) is 60.8. The molecule has 2 unspecified atom stereocenters. The number of carbonyl (C=O) groups is 3. The fourth-order valence-electron chi connectivity index (χ4n) is 8.14. The fourth-order valence-corrected chi connectivity index (χ4v) is 18.6. The number of anilines is 1. The van der Waals surface area contributed by atoms with Gasteiger partial charge in [-0.15, -0.1) is 0 Å². The highest BCUT2D eigenvalue weighted by Gasteiger charge is 2.57. The number of nitrogens with one attached hydrogen (secondary N) is 2. The lowest BCUT2D eigenvalue weighted by atomic mass is 10.0. The number of aromatic amines is 1. The molecule has 1 saturated heterocycles. The first-order chi connectivity index (χ1) is 34.8. The van der Waals surface area contributed by atoms with Crippen molar-refractivity contribution in [2.45, 2.75) is 144 Å². The number of hydrogen-bond donors (Lipinski definition) is 2. The Labute approximate surface area is 439 Å². The van der Waals surface area contributed by atoms with Crippen molar-refractivity contribution in [3.05, 3.63) is 94.5 Å². The second-order valence-electron chi connectivity index (χ2n) is 20.6. The minimum absolute atomic E-state index is 0.0562. The van der Waals surface area contributed by atoms with Crippen molar-refractivity contribution in [2.75, 3.05) is 45.0 Å². The number of fused-ring (bicyclic) bond motifs is 1. The summed E-state index contributed by atoms with van der Waals surface area (Å²) in [6.45, 7) is 26.5. The molecule has 74 heavy (non-hydrogen) atoms. The van der Waals surface area contributed by atoms with Crippen LogP contribution in [0.1, 0.15) is 78.8 Å². The van der Waals surface area contributed by atoms with Crippen molar-refractivity contribution in [1.29, 1.82) is 0 Å². The van der Waals surface area contributed by atoms with Gasteiger partial charge in [-0.3, -0.25) is 23.8 Å². The summed E-state index contributed by atoms with van der Waals surface area (Å²) in [5.41, 5.74) is 1.52.